The second-order valence-corrected chi connectivity index (χ2v) is 1.67. The fourth-order valence-electron chi connectivity index (χ4n) is 0.380. The van der Waals surface area contributed by atoms with Crippen LogP contribution in [0, 0.1) is 0 Å². The highest BCUT2D eigenvalue weighted by Crippen LogP contribution is 1.69. The summed E-state index contributed by atoms with van der Waals surface area (Å²) in [5, 5.41) is 3.77. The molecule has 0 aliphatic heterocycles. The summed E-state index contributed by atoms with van der Waals surface area (Å²) < 4.78 is 1.33. The molecule has 1 heterocycles. The Morgan fingerprint density at radius 3 is 3.00 bits per heavy atom. The maximum atomic E-state index is 4.68. The molecule has 40 valence electrons. The van der Waals surface area contributed by atoms with Gasteiger partial charge in [-0.05, 0) is 6.07 Å². The van der Waals surface area contributed by atoms with Gasteiger partial charge in [0.05, 0.1) is 6.20 Å². The normalized spacial score (nSPS) is 8.50. The molecule has 0 saturated heterocycles. The Kier molecular flexibility index (Phi) is 1.64. The van der Waals surface area contributed by atoms with E-state index in [1.807, 2.05) is 18.2 Å². The van der Waals surface area contributed by atoms with Crippen molar-refractivity contribution in [2.24, 2.45) is 0 Å². The summed E-state index contributed by atoms with van der Waals surface area (Å²) in [6, 6.07) is 5.53. The lowest BCUT2D eigenvalue weighted by molar-refractivity contribution is -0.506. The number of hydrogen-bond donors (Lipinski definition) is 0. The molecular weight excluding hydrogens is 120 g/mol. The van der Waals surface area contributed by atoms with Gasteiger partial charge in [0, 0.05) is 14.9 Å². The second kappa shape index (κ2) is 2.47. The molecule has 1 aromatic heterocycles. The fraction of sp³-hybridized carbons (Fsp3) is 0. The van der Waals surface area contributed by atoms with E-state index in [1.165, 1.54) is 3.73 Å². The average Bonchev–Trinajstić information content (AvgIpc) is 1.94. The first-order valence-corrected chi connectivity index (χ1v) is 2.60. The van der Waals surface area contributed by atoms with Gasteiger partial charge in [0.1, 0.15) is 0 Å². The highest BCUT2D eigenvalue weighted by atomic mass is 32.1. The number of aromatic nitrogens is 2. The molecule has 1 rings (SSSR count). The number of rotatable bonds is 0. The van der Waals surface area contributed by atoms with Crippen LogP contribution in [-0.4, -0.2) is 5.10 Å². The van der Waals surface area contributed by atoms with Gasteiger partial charge in [-0.3, -0.25) is 0 Å². The topological polar surface area (TPSA) is 18.8 Å². The van der Waals surface area contributed by atoms with Crippen molar-refractivity contribution in [2.75, 3.05) is 0 Å². The van der Waals surface area contributed by atoms with E-state index in [4.69, 9.17) is 0 Å². The van der Waals surface area contributed by atoms with Gasteiger partial charge in [0.15, 0.2) is 0 Å². The SMILES string of the molecule is S=[n+]1cccccn1. The van der Waals surface area contributed by atoms with Crippen molar-refractivity contribution in [3.63, 3.8) is 0 Å². The molecule has 0 atom stereocenters. The van der Waals surface area contributed by atoms with E-state index in [9.17, 15) is 0 Å². The smallest absolute Gasteiger partial charge is 0.0544 e. The summed E-state index contributed by atoms with van der Waals surface area (Å²) in [5.74, 6) is 0. The minimum absolute atomic E-state index is 1.33. The van der Waals surface area contributed by atoms with E-state index < -0.39 is 0 Å². The average molecular weight is 125 g/mol. The predicted molar refractivity (Wildman–Crippen MR) is 31.8 cm³/mol. The molecule has 0 N–H and O–H groups in total. The quantitative estimate of drug-likeness (QED) is 0.473. The minimum Gasteiger partial charge on any atom is -0.0544 e. The molecule has 2 nitrogen and oxygen atoms in total. The van der Waals surface area contributed by atoms with Crippen LogP contribution in [0.2, 0.25) is 0 Å². The molecule has 3 heteroatoms. The Morgan fingerprint density at radius 1 is 1.25 bits per heavy atom. The third-order valence-electron chi connectivity index (χ3n) is 0.702. The first-order chi connectivity index (χ1) is 3.89. The zero-order valence-corrected chi connectivity index (χ0v) is 5.01. The molecule has 0 fully saturated rings. The van der Waals surface area contributed by atoms with E-state index in [1.54, 1.807) is 12.4 Å². The van der Waals surface area contributed by atoms with Crippen molar-refractivity contribution in [2.45, 2.75) is 0 Å². The van der Waals surface area contributed by atoms with E-state index in [2.05, 4.69) is 17.5 Å². The lowest BCUT2D eigenvalue weighted by Crippen LogP contribution is -2.10. The summed E-state index contributed by atoms with van der Waals surface area (Å²) in [4.78, 5) is 0. The van der Waals surface area contributed by atoms with Crippen LogP contribution in [0.1, 0.15) is 0 Å². The van der Waals surface area contributed by atoms with Gasteiger partial charge < -0.3 is 0 Å². The van der Waals surface area contributed by atoms with Crippen LogP contribution < -0.4 is 3.73 Å². The Labute approximate surface area is 52.6 Å². The molecule has 0 amide bonds. The van der Waals surface area contributed by atoms with E-state index in [0.29, 0.717) is 0 Å². The Morgan fingerprint density at radius 2 is 2.12 bits per heavy atom. The standard InChI is InChI=1S/C5H5N2S/c8-7-5-3-1-2-4-6-7/h1-5H/q+1. The van der Waals surface area contributed by atoms with E-state index in [0.717, 1.165) is 0 Å². The molecule has 1 aromatic rings. The van der Waals surface area contributed by atoms with Crippen molar-refractivity contribution in [3.05, 3.63) is 30.6 Å². The minimum atomic E-state index is 1.33. The van der Waals surface area contributed by atoms with E-state index in [-0.39, 0.29) is 0 Å². The fourth-order valence-corrected chi connectivity index (χ4v) is 0.505. The summed E-state index contributed by atoms with van der Waals surface area (Å²) in [6.07, 6.45) is 3.35. The third-order valence-corrected chi connectivity index (χ3v) is 0.918. The van der Waals surface area contributed by atoms with Crippen molar-refractivity contribution in [3.8, 4) is 0 Å². The van der Waals surface area contributed by atoms with Gasteiger partial charge in [-0.1, -0.05) is 6.07 Å². The number of nitrogens with zero attached hydrogens (tertiary/aromatic N) is 2. The van der Waals surface area contributed by atoms with Crippen LogP contribution in [0.3, 0.4) is 0 Å². The maximum Gasteiger partial charge on any atom is 0.306 e. The van der Waals surface area contributed by atoms with Crippen LogP contribution in [0.15, 0.2) is 30.6 Å². The lowest BCUT2D eigenvalue weighted by atomic mass is 10.6. The third kappa shape index (κ3) is 1.35. The van der Waals surface area contributed by atoms with Gasteiger partial charge in [-0.2, -0.15) is 0 Å². The molecule has 0 unspecified atom stereocenters. The highest BCUT2D eigenvalue weighted by molar-refractivity contribution is 7.66. The lowest BCUT2D eigenvalue weighted by Gasteiger charge is -1.50. The molecule has 0 aliphatic rings. The maximum absolute atomic E-state index is 4.68. The summed E-state index contributed by atoms with van der Waals surface area (Å²) in [6.45, 7) is 0. The van der Waals surface area contributed by atoms with Crippen LogP contribution in [0.5, 0.6) is 0 Å². The summed E-state index contributed by atoms with van der Waals surface area (Å²) in [7, 11) is 0. The van der Waals surface area contributed by atoms with Gasteiger partial charge in [-0.25, -0.2) is 0 Å². The summed E-state index contributed by atoms with van der Waals surface area (Å²) >= 11 is 4.68. The summed E-state index contributed by atoms with van der Waals surface area (Å²) in [5.41, 5.74) is 0. The van der Waals surface area contributed by atoms with Crippen molar-refractivity contribution in [1.82, 2.24) is 5.10 Å². The molecular formula is C5H5N2S+. The Balaban J connectivity index is 3.32. The van der Waals surface area contributed by atoms with Crippen LogP contribution >= 0.6 is 12.4 Å². The van der Waals surface area contributed by atoms with Crippen molar-refractivity contribution >= 4 is 12.4 Å². The zero-order chi connectivity index (χ0) is 5.82. The van der Waals surface area contributed by atoms with Gasteiger partial charge >= 0.3 is 12.4 Å². The molecule has 0 bridgehead atoms. The van der Waals surface area contributed by atoms with Crippen molar-refractivity contribution in [1.29, 1.82) is 0 Å². The monoisotopic (exact) mass is 125 g/mol. The Hall–Kier alpha value is -0.830. The number of hydrogen-bond acceptors (Lipinski definition) is 2. The predicted octanol–water partition coefficient (Wildman–Crippen LogP) is 0.611. The second-order valence-electron chi connectivity index (χ2n) is 1.29. The van der Waals surface area contributed by atoms with Gasteiger partial charge in [0.2, 0.25) is 6.20 Å². The molecule has 0 saturated carbocycles. The molecule has 0 aromatic carbocycles. The molecule has 0 aliphatic carbocycles. The Bertz CT molecular complexity index is 201. The highest BCUT2D eigenvalue weighted by Gasteiger charge is 1.75. The van der Waals surface area contributed by atoms with Crippen LogP contribution in [-0.2, 0) is 0 Å². The zero-order valence-electron chi connectivity index (χ0n) is 4.19. The largest absolute Gasteiger partial charge is 0.306 e. The van der Waals surface area contributed by atoms with Crippen molar-refractivity contribution < 1.29 is 3.73 Å². The van der Waals surface area contributed by atoms with Crippen LogP contribution in [0.25, 0.3) is 0 Å². The first kappa shape index (κ1) is 5.31. The van der Waals surface area contributed by atoms with Gasteiger partial charge in [0.25, 0.3) is 0 Å². The molecule has 8 heavy (non-hydrogen) atoms. The van der Waals surface area contributed by atoms with E-state index >= 15 is 0 Å². The van der Waals surface area contributed by atoms with Crippen LogP contribution in [0.4, 0.5) is 0 Å². The van der Waals surface area contributed by atoms with Gasteiger partial charge in [-0.15, -0.1) is 0 Å². The molecule has 0 radical (unpaired) electrons. The first-order valence-electron chi connectivity index (χ1n) is 2.23. The molecule has 0 spiro atoms.